The number of anilines is 1. The Morgan fingerprint density at radius 3 is 2.70 bits per heavy atom. The lowest BCUT2D eigenvalue weighted by atomic mass is 10.3. The predicted octanol–water partition coefficient (Wildman–Crippen LogP) is 1.46. The summed E-state index contributed by atoms with van der Waals surface area (Å²) in [6.45, 7) is 0. The maximum Gasteiger partial charge on any atom is 0.0631 e. The standard InChI is InChI=1S/C7H8ClNO/c1-9-7-3-2-5(10)4-6(7)8/h2-4,9-10H,1H3/p-1. The Morgan fingerprint density at radius 1 is 1.50 bits per heavy atom. The van der Waals surface area contributed by atoms with E-state index in [0.29, 0.717) is 5.02 Å². The number of rotatable bonds is 1. The second-order valence-electron chi connectivity index (χ2n) is 1.89. The van der Waals surface area contributed by atoms with E-state index < -0.39 is 0 Å². The Balaban J connectivity index is 3.07. The molecule has 0 aliphatic heterocycles. The zero-order valence-electron chi connectivity index (χ0n) is 5.52. The van der Waals surface area contributed by atoms with Gasteiger partial charge in [0.15, 0.2) is 0 Å². The second-order valence-corrected chi connectivity index (χ2v) is 2.30. The molecule has 0 saturated carbocycles. The number of hydrogen-bond donors (Lipinski definition) is 1. The molecular weight excluding hydrogens is 150 g/mol. The molecule has 1 N–H and O–H groups in total. The van der Waals surface area contributed by atoms with Crippen LogP contribution in [0.5, 0.6) is 5.75 Å². The van der Waals surface area contributed by atoms with E-state index in [4.69, 9.17) is 11.6 Å². The molecule has 0 atom stereocenters. The molecule has 0 fully saturated rings. The highest BCUT2D eigenvalue weighted by Gasteiger charge is 1.92. The van der Waals surface area contributed by atoms with Crippen molar-refractivity contribution < 1.29 is 5.11 Å². The molecule has 1 aromatic rings. The molecule has 2 nitrogen and oxygen atoms in total. The van der Waals surface area contributed by atoms with Gasteiger partial charge in [0.25, 0.3) is 0 Å². The van der Waals surface area contributed by atoms with E-state index in [1.807, 2.05) is 0 Å². The molecule has 0 radical (unpaired) electrons. The van der Waals surface area contributed by atoms with Crippen LogP contribution in [0.4, 0.5) is 5.69 Å². The van der Waals surface area contributed by atoms with Gasteiger partial charge in [-0.1, -0.05) is 17.7 Å². The first-order chi connectivity index (χ1) is 4.74. The van der Waals surface area contributed by atoms with Crippen molar-refractivity contribution in [2.24, 2.45) is 0 Å². The second kappa shape index (κ2) is 2.80. The highest BCUT2D eigenvalue weighted by Crippen LogP contribution is 2.23. The Labute approximate surface area is 64.4 Å². The van der Waals surface area contributed by atoms with Crippen LogP contribution in [0.2, 0.25) is 5.02 Å². The maximum absolute atomic E-state index is 10.6. The SMILES string of the molecule is CNc1ccc([O-])cc1Cl. The third-order valence-electron chi connectivity index (χ3n) is 1.21. The van der Waals surface area contributed by atoms with E-state index in [0.717, 1.165) is 5.69 Å². The van der Waals surface area contributed by atoms with E-state index in [-0.39, 0.29) is 5.75 Å². The van der Waals surface area contributed by atoms with E-state index >= 15 is 0 Å². The topological polar surface area (TPSA) is 35.1 Å². The quantitative estimate of drug-likeness (QED) is 0.668. The van der Waals surface area contributed by atoms with Gasteiger partial charge < -0.3 is 10.4 Å². The van der Waals surface area contributed by atoms with Crippen molar-refractivity contribution in [1.82, 2.24) is 0 Å². The van der Waals surface area contributed by atoms with Crippen molar-refractivity contribution in [2.45, 2.75) is 0 Å². The van der Waals surface area contributed by atoms with Crippen molar-refractivity contribution in [3.63, 3.8) is 0 Å². The molecule has 54 valence electrons. The molecular formula is C7H7ClNO-. The summed E-state index contributed by atoms with van der Waals surface area (Å²) in [5.74, 6) is -0.0657. The smallest absolute Gasteiger partial charge is 0.0631 e. The van der Waals surface area contributed by atoms with Crippen LogP contribution in [0.15, 0.2) is 18.2 Å². The molecule has 3 heteroatoms. The van der Waals surface area contributed by atoms with E-state index in [1.54, 1.807) is 13.1 Å². The van der Waals surface area contributed by atoms with Gasteiger partial charge >= 0.3 is 0 Å². The van der Waals surface area contributed by atoms with Crippen LogP contribution in [0.25, 0.3) is 0 Å². The van der Waals surface area contributed by atoms with Gasteiger partial charge in [0, 0.05) is 7.05 Å². The fourth-order valence-electron chi connectivity index (χ4n) is 0.699. The Morgan fingerprint density at radius 2 is 2.20 bits per heavy atom. The van der Waals surface area contributed by atoms with E-state index in [1.165, 1.54) is 12.1 Å². The molecule has 0 saturated heterocycles. The Kier molecular flexibility index (Phi) is 2.02. The van der Waals surface area contributed by atoms with Gasteiger partial charge in [-0.2, -0.15) is 0 Å². The molecule has 0 bridgehead atoms. The highest BCUT2D eigenvalue weighted by atomic mass is 35.5. The Bertz CT molecular complexity index is 237. The molecule has 0 aliphatic rings. The summed E-state index contributed by atoms with van der Waals surface area (Å²) in [5.41, 5.74) is 0.779. The predicted molar refractivity (Wildman–Crippen MR) is 40.4 cm³/mol. The number of hydrogen-bond acceptors (Lipinski definition) is 2. The fraction of sp³-hybridized carbons (Fsp3) is 0.143. The van der Waals surface area contributed by atoms with Gasteiger partial charge in [-0.3, -0.25) is 0 Å². The normalized spacial score (nSPS) is 9.40. The van der Waals surface area contributed by atoms with Crippen LogP contribution < -0.4 is 10.4 Å². The zero-order valence-corrected chi connectivity index (χ0v) is 6.27. The molecule has 0 spiro atoms. The number of benzene rings is 1. The average Bonchev–Trinajstić information content (AvgIpc) is 1.88. The lowest BCUT2D eigenvalue weighted by Crippen LogP contribution is -1.92. The van der Waals surface area contributed by atoms with Gasteiger partial charge in [-0.15, -0.1) is 5.75 Å². The van der Waals surface area contributed by atoms with E-state index in [9.17, 15) is 5.11 Å². The van der Waals surface area contributed by atoms with Crippen molar-refractivity contribution in [3.8, 4) is 5.75 Å². The summed E-state index contributed by atoms with van der Waals surface area (Å²) in [5, 5.41) is 14.0. The lowest BCUT2D eigenvalue weighted by Gasteiger charge is -2.08. The summed E-state index contributed by atoms with van der Waals surface area (Å²) in [6, 6.07) is 4.51. The van der Waals surface area contributed by atoms with Crippen molar-refractivity contribution >= 4 is 17.3 Å². The minimum atomic E-state index is -0.0657. The van der Waals surface area contributed by atoms with Crippen molar-refractivity contribution in [3.05, 3.63) is 23.2 Å². The zero-order chi connectivity index (χ0) is 7.56. The molecule has 0 unspecified atom stereocenters. The first kappa shape index (κ1) is 7.22. The Hall–Kier alpha value is -0.890. The fourth-order valence-corrected chi connectivity index (χ4v) is 0.964. The summed E-state index contributed by atoms with van der Waals surface area (Å²) < 4.78 is 0. The van der Waals surface area contributed by atoms with Gasteiger partial charge in [-0.05, 0) is 12.1 Å². The average molecular weight is 157 g/mol. The van der Waals surface area contributed by atoms with Crippen LogP contribution in [-0.2, 0) is 0 Å². The first-order valence-electron chi connectivity index (χ1n) is 2.88. The van der Waals surface area contributed by atoms with Gasteiger partial charge in [0.05, 0.1) is 10.7 Å². The van der Waals surface area contributed by atoms with Crippen LogP contribution in [-0.4, -0.2) is 7.05 Å². The monoisotopic (exact) mass is 156 g/mol. The largest absolute Gasteiger partial charge is 0.872 e. The maximum atomic E-state index is 10.6. The molecule has 0 heterocycles. The third kappa shape index (κ3) is 1.33. The van der Waals surface area contributed by atoms with Gasteiger partial charge in [0.2, 0.25) is 0 Å². The summed E-state index contributed by atoms with van der Waals surface area (Å²) >= 11 is 5.67. The van der Waals surface area contributed by atoms with Crippen LogP contribution >= 0.6 is 11.6 Å². The third-order valence-corrected chi connectivity index (χ3v) is 1.52. The highest BCUT2D eigenvalue weighted by molar-refractivity contribution is 6.33. The molecule has 0 amide bonds. The van der Waals surface area contributed by atoms with Crippen LogP contribution in [0.3, 0.4) is 0 Å². The lowest BCUT2D eigenvalue weighted by molar-refractivity contribution is -0.268. The molecule has 10 heavy (non-hydrogen) atoms. The van der Waals surface area contributed by atoms with Gasteiger partial charge in [0.1, 0.15) is 0 Å². The minimum Gasteiger partial charge on any atom is -0.872 e. The van der Waals surface area contributed by atoms with Gasteiger partial charge in [-0.25, -0.2) is 0 Å². The molecule has 0 aromatic heterocycles. The summed E-state index contributed by atoms with van der Waals surface area (Å²) in [6.07, 6.45) is 0. The number of halogens is 1. The summed E-state index contributed by atoms with van der Waals surface area (Å²) in [7, 11) is 1.76. The first-order valence-corrected chi connectivity index (χ1v) is 3.26. The van der Waals surface area contributed by atoms with Crippen molar-refractivity contribution in [2.75, 3.05) is 12.4 Å². The van der Waals surface area contributed by atoms with Crippen molar-refractivity contribution in [1.29, 1.82) is 0 Å². The van der Waals surface area contributed by atoms with Crippen LogP contribution in [0, 0.1) is 0 Å². The molecule has 0 aliphatic carbocycles. The van der Waals surface area contributed by atoms with E-state index in [2.05, 4.69) is 5.32 Å². The minimum absolute atomic E-state index is 0.0657. The number of nitrogens with one attached hydrogen (secondary N) is 1. The molecule has 1 aromatic carbocycles. The van der Waals surface area contributed by atoms with Crippen LogP contribution in [0.1, 0.15) is 0 Å². The summed E-state index contributed by atoms with van der Waals surface area (Å²) in [4.78, 5) is 0. The molecule has 1 rings (SSSR count).